The van der Waals surface area contributed by atoms with Crippen LogP contribution in [0.4, 0.5) is 0 Å². The van der Waals surface area contributed by atoms with E-state index in [1.54, 1.807) is 41.5 Å². The van der Waals surface area contributed by atoms with Gasteiger partial charge in [-0.2, -0.15) is 0 Å². The molecule has 0 radical (unpaired) electrons. The number of ether oxygens (including phenoxy) is 2. The molecule has 8 unspecified atom stereocenters. The predicted octanol–water partition coefficient (Wildman–Crippen LogP) is 3.55. The van der Waals surface area contributed by atoms with E-state index in [-0.39, 0.29) is 25.3 Å². The number of nitrogens with one attached hydrogen (secondary N) is 3. The van der Waals surface area contributed by atoms with Gasteiger partial charge in [0.1, 0.15) is 36.8 Å². The van der Waals surface area contributed by atoms with Gasteiger partial charge in [-0.1, -0.05) is 78.3 Å². The molecule has 14 nitrogen and oxygen atoms in total. The second kappa shape index (κ2) is 21.7. The zero-order valence-electron chi connectivity index (χ0n) is 35.8. The number of carbonyl (C=O) groups is 7. The van der Waals surface area contributed by atoms with Crippen molar-refractivity contribution in [2.24, 2.45) is 23.2 Å². The minimum atomic E-state index is -1.39. The molecule has 3 N–H and O–H groups in total. The first kappa shape index (κ1) is 47.4. The summed E-state index contributed by atoms with van der Waals surface area (Å²) < 4.78 is 12.0. The molecular formula is C44H65N5O9. The highest BCUT2D eigenvalue weighted by molar-refractivity contribution is 5.96. The van der Waals surface area contributed by atoms with Gasteiger partial charge in [-0.3, -0.25) is 28.8 Å². The van der Waals surface area contributed by atoms with Gasteiger partial charge < -0.3 is 35.2 Å². The van der Waals surface area contributed by atoms with Crippen LogP contribution in [-0.4, -0.2) is 108 Å². The van der Waals surface area contributed by atoms with E-state index in [2.05, 4.69) is 21.9 Å². The van der Waals surface area contributed by atoms with Crippen LogP contribution in [0, 0.1) is 35.5 Å². The Hall–Kier alpha value is -4.93. The Bertz CT molecular complexity index is 1660. The van der Waals surface area contributed by atoms with Gasteiger partial charge in [0.2, 0.25) is 23.6 Å². The smallest absolute Gasteiger partial charge is 0.329 e. The van der Waals surface area contributed by atoms with Crippen LogP contribution in [0.3, 0.4) is 0 Å². The predicted molar refractivity (Wildman–Crippen MR) is 218 cm³/mol. The number of carbonyl (C=O) groups excluding carboxylic acids is 7. The van der Waals surface area contributed by atoms with Crippen molar-refractivity contribution in [2.75, 3.05) is 20.1 Å². The average Bonchev–Trinajstić information content (AvgIpc) is 3.70. The van der Waals surface area contributed by atoms with Gasteiger partial charge in [0, 0.05) is 32.4 Å². The molecule has 2 heterocycles. The van der Waals surface area contributed by atoms with Crippen LogP contribution in [0.25, 0.3) is 0 Å². The number of nitrogens with zero attached hydrogens (tertiary/aromatic N) is 2. The number of esters is 2. The molecule has 8 atom stereocenters. The number of rotatable bonds is 10. The second-order valence-corrected chi connectivity index (χ2v) is 16.7. The molecule has 0 aromatic heterocycles. The van der Waals surface area contributed by atoms with Crippen LogP contribution < -0.4 is 16.0 Å². The summed E-state index contributed by atoms with van der Waals surface area (Å²) in [5, 5.41) is 8.30. The second-order valence-electron chi connectivity index (χ2n) is 16.7. The molecule has 14 heteroatoms. The van der Waals surface area contributed by atoms with Crippen LogP contribution in [-0.2, 0) is 49.5 Å². The fourth-order valence-electron chi connectivity index (χ4n) is 7.25. The number of hydrogen-bond acceptors (Lipinski definition) is 9. The summed E-state index contributed by atoms with van der Waals surface area (Å²) in [6.07, 6.45) is 6.09. The zero-order chi connectivity index (χ0) is 43.3. The Morgan fingerprint density at radius 3 is 2.14 bits per heavy atom. The van der Waals surface area contributed by atoms with Crippen molar-refractivity contribution in [3.8, 4) is 12.3 Å². The van der Waals surface area contributed by atoms with Gasteiger partial charge in [-0.25, -0.2) is 4.79 Å². The molecule has 3 rings (SSSR count). The van der Waals surface area contributed by atoms with Gasteiger partial charge in [-0.05, 0) is 63.4 Å². The normalized spacial score (nSPS) is 26.8. The summed E-state index contributed by atoms with van der Waals surface area (Å²) in [5.74, 6) is -3.17. The molecular weight excluding hydrogens is 743 g/mol. The first-order valence-electron chi connectivity index (χ1n) is 20.7. The van der Waals surface area contributed by atoms with Gasteiger partial charge in [-0.15, -0.1) is 12.3 Å². The molecule has 1 aromatic carbocycles. The van der Waals surface area contributed by atoms with Crippen molar-refractivity contribution in [1.82, 2.24) is 25.8 Å². The molecule has 5 amide bonds. The van der Waals surface area contributed by atoms with Crippen LogP contribution in [0.5, 0.6) is 0 Å². The van der Waals surface area contributed by atoms with E-state index in [9.17, 15) is 33.6 Å². The van der Waals surface area contributed by atoms with Crippen LogP contribution >= 0.6 is 0 Å². The van der Waals surface area contributed by atoms with Crippen molar-refractivity contribution in [3.63, 3.8) is 0 Å². The number of terminal acetylenes is 1. The van der Waals surface area contributed by atoms with E-state index >= 15 is 0 Å². The fraction of sp³-hybridized carbons (Fsp3) is 0.659. The quantitative estimate of drug-likeness (QED) is 0.181. The zero-order valence-corrected chi connectivity index (χ0v) is 35.8. The Morgan fingerprint density at radius 1 is 0.879 bits per heavy atom. The molecule has 320 valence electrons. The molecule has 0 bridgehead atoms. The molecule has 0 aliphatic carbocycles. The molecule has 2 aliphatic heterocycles. The number of amides is 5. The minimum absolute atomic E-state index is 0.0502. The standard InChI is InChI=1S/C44H65N5O9/c1-11-14-16-23-33-44(8,9)43(56)47-35(27(4)5)40(53)48(10)32(25-30-20-17-15-18-21-30)42(55)58-37(29(7)13-3)41(54)49-24-19-22-31(49)38(51)46-36(28(6)12-2)39(52)45-26-34(50)57-33/h1,15,17-18,20-21,27-29,31-33,35-37H,12-14,16,19,22-26H2,2-10H3,(H,45,52)(H,46,51)(H,47,56). The largest absolute Gasteiger partial charge is 0.460 e. The third-order valence-corrected chi connectivity index (χ3v) is 11.7. The average molecular weight is 808 g/mol. The Labute approximate surface area is 344 Å². The molecule has 58 heavy (non-hydrogen) atoms. The highest BCUT2D eigenvalue weighted by Gasteiger charge is 2.45. The first-order valence-corrected chi connectivity index (χ1v) is 20.7. The van der Waals surface area contributed by atoms with E-state index in [0.29, 0.717) is 38.5 Å². The fourth-order valence-corrected chi connectivity index (χ4v) is 7.25. The maximum Gasteiger partial charge on any atom is 0.329 e. The summed E-state index contributed by atoms with van der Waals surface area (Å²) in [4.78, 5) is 101. The monoisotopic (exact) mass is 807 g/mol. The summed E-state index contributed by atoms with van der Waals surface area (Å²) in [6, 6.07) is 4.78. The molecule has 2 saturated heterocycles. The summed E-state index contributed by atoms with van der Waals surface area (Å²) in [6.45, 7) is 13.7. The lowest BCUT2D eigenvalue weighted by atomic mass is 9.82. The van der Waals surface area contributed by atoms with E-state index in [4.69, 9.17) is 15.9 Å². The van der Waals surface area contributed by atoms with Crippen molar-refractivity contribution in [3.05, 3.63) is 35.9 Å². The van der Waals surface area contributed by atoms with Crippen molar-refractivity contribution in [1.29, 1.82) is 0 Å². The minimum Gasteiger partial charge on any atom is -0.460 e. The maximum absolute atomic E-state index is 14.5. The Kier molecular flexibility index (Phi) is 17.8. The van der Waals surface area contributed by atoms with Crippen molar-refractivity contribution >= 4 is 41.5 Å². The van der Waals surface area contributed by atoms with Crippen molar-refractivity contribution < 1.29 is 43.0 Å². The molecule has 2 fully saturated rings. The number of hydrogen-bond donors (Lipinski definition) is 3. The molecule has 0 spiro atoms. The number of cyclic esters (lactones) is 2. The van der Waals surface area contributed by atoms with Crippen LogP contribution in [0.1, 0.15) is 106 Å². The highest BCUT2D eigenvalue weighted by Crippen LogP contribution is 2.30. The lowest BCUT2D eigenvalue weighted by Crippen LogP contribution is -2.59. The Balaban J connectivity index is 2.16. The molecule has 1 aromatic rings. The number of unbranched alkanes of at least 4 members (excludes halogenated alkanes) is 1. The number of benzene rings is 1. The maximum atomic E-state index is 14.5. The first-order chi connectivity index (χ1) is 27.4. The third-order valence-electron chi connectivity index (χ3n) is 11.7. The third kappa shape index (κ3) is 12.1. The Morgan fingerprint density at radius 2 is 1.53 bits per heavy atom. The van der Waals surface area contributed by atoms with Crippen molar-refractivity contribution in [2.45, 2.75) is 143 Å². The highest BCUT2D eigenvalue weighted by atomic mass is 16.6. The summed E-state index contributed by atoms with van der Waals surface area (Å²) in [7, 11) is 1.47. The number of likely N-dealkylation sites (N-methyl/N-ethyl adjacent to an activating group) is 1. The number of fused-ring (bicyclic) bond motifs is 1. The van der Waals surface area contributed by atoms with Gasteiger partial charge in [0.25, 0.3) is 5.91 Å². The van der Waals surface area contributed by atoms with E-state index in [1.165, 1.54) is 16.8 Å². The van der Waals surface area contributed by atoms with E-state index in [1.807, 2.05) is 44.2 Å². The van der Waals surface area contributed by atoms with Gasteiger partial charge in [0.05, 0.1) is 5.41 Å². The molecule has 0 saturated carbocycles. The molecule has 2 aliphatic rings. The van der Waals surface area contributed by atoms with E-state index < -0.39 is 102 Å². The van der Waals surface area contributed by atoms with E-state index in [0.717, 1.165) is 5.56 Å². The topological polar surface area (TPSA) is 181 Å². The summed E-state index contributed by atoms with van der Waals surface area (Å²) in [5.41, 5.74) is -0.653. The SMILES string of the molecule is C#CCCCC1OC(=O)CNC(=O)C(C(C)CC)NC(=O)C2CCCN2C(=O)C(C(C)CC)OC(=O)C(Cc2ccccc2)N(C)C(=O)C(C(C)C)NC(=O)C1(C)C. The van der Waals surface area contributed by atoms with Crippen LogP contribution in [0.2, 0.25) is 0 Å². The van der Waals surface area contributed by atoms with Gasteiger partial charge in [0.15, 0.2) is 6.10 Å². The lowest BCUT2D eigenvalue weighted by Gasteiger charge is -2.37. The van der Waals surface area contributed by atoms with Gasteiger partial charge >= 0.3 is 11.9 Å². The summed E-state index contributed by atoms with van der Waals surface area (Å²) >= 11 is 0. The lowest BCUT2D eigenvalue weighted by molar-refractivity contribution is -0.170. The van der Waals surface area contributed by atoms with Crippen LogP contribution in [0.15, 0.2) is 30.3 Å².